The van der Waals surface area contributed by atoms with E-state index in [4.69, 9.17) is 4.74 Å². The average molecular weight is 382 g/mol. The summed E-state index contributed by atoms with van der Waals surface area (Å²) in [4.78, 5) is 14.2. The van der Waals surface area contributed by atoms with E-state index in [0.29, 0.717) is 12.2 Å². The first-order chi connectivity index (χ1) is 12.7. The topological polar surface area (TPSA) is 50.8 Å². The van der Waals surface area contributed by atoms with Gasteiger partial charge in [-0.1, -0.05) is 12.1 Å². The van der Waals surface area contributed by atoms with Gasteiger partial charge in [0, 0.05) is 12.2 Å². The van der Waals surface area contributed by atoms with Crippen molar-refractivity contribution in [2.45, 2.75) is 25.9 Å². The number of nitrogens with one attached hydrogen (secondary N) is 1. The summed E-state index contributed by atoms with van der Waals surface area (Å²) in [5, 5.41) is 2.68. The number of anilines is 1. The predicted molar refractivity (Wildman–Crippen MR) is 95.7 cm³/mol. The zero-order chi connectivity index (χ0) is 20.0. The molecule has 2 rings (SSSR count). The molecule has 0 aromatic heterocycles. The molecule has 1 atom stereocenters. The molecule has 1 N–H and O–H groups in total. The third kappa shape index (κ3) is 6.49. The molecule has 0 saturated heterocycles. The van der Waals surface area contributed by atoms with E-state index in [9.17, 15) is 18.0 Å². The second-order valence-electron chi connectivity index (χ2n) is 6.00. The molecule has 0 aliphatic rings. The molecule has 0 aliphatic heterocycles. The lowest BCUT2D eigenvalue weighted by Gasteiger charge is -2.24. The van der Waals surface area contributed by atoms with Crippen LogP contribution in [0.1, 0.15) is 12.5 Å². The van der Waals surface area contributed by atoms with Crippen molar-refractivity contribution in [1.29, 1.82) is 0 Å². The van der Waals surface area contributed by atoms with Crippen LogP contribution in [0, 0.1) is 0 Å². The molecule has 1 unspecified atom stereocenters. The van der Waals surface area contributed by atoms with Crippen molar-refractivity contribution in [3.63, 3.8) is 0 Å². The number of hydrogen-bond acceptors (Lipinski definition) is 4. The number of benzene rings is 2. The quantitative estimate of drug-likeness (QED) is 0.785. The summed E-state index contributed by atoms with van der Waals surface area (Å²) in [5.41, 5.74) is 1.41. The number of hydrogen-bond donors (Lipinski definition) is 1. The fourth-order valence-electron chi connectivity index (χ4n) is 2.34. The van der Waals surface area contributed by atoms with Gasteiger partial charge >= 0.3 is 6.36 Å². The Morgan fingerprint density at radius 3 is 2.15 bits per heavy atom. The standard InChI is InChI=1S/C19H21F3N2O3/c1-13(24(2)12-14-4-8-16(26-3)9-5-14)18(25)23-15-6-10-17(11-7-15)27-19(20,21)22/h4-11,13H,12H2,1-3H3,(H,23,25). The Morgan fingerprint density at radius 2 is 1.63 bits per heavy atom. The van der Waals surface area contributed by atoms with Crippen LogP contribution in [-0.4, -0.2) is 37.4 Å². The number of likely N-dealkylation sites (N-methyl/N-ethyl adjacent to an activating group) is 1. The third-order valence-electron chi connectivity index (χ3n) is 3.99. The zero-order valence-electron chi connectivity index (χ0n) is 15.2. The highest BCUT2D eigenvalue weighted by atomic mass is 19.4. The number of nitrogens with zero attached hydrogens (tertiary/aromatic N) is 1. The minimum Gasteiger partial charge on any atom is -0.497 e. The number of carbonyl (C=O) groups is 1. The molecule has 2 aromatic rings. The van der Waals surface area contributed by atoms with E-state index in [2.05, 4.69) is 10.1 Å². The molecule has 0 fully saturated rings. The lowest BCUT2D eigenvalue weighted by atomic mass is 10.1. The second-order valence-corrected chi connectivity index (χ2v) is 6.00. The molecule has 0 spiro atoms. The van der Waals surface area contributed by atoms with Crippen LogP contribution in [0.15, 0.2) is 48.5 Å². The van der Waals surface area contributed by atoms with E-state index in [0.717, 1.165) is 23.4 Å². The van der Waals surface area contributed by atoms with E-state index in [1.807, 2.05) is 36.2 Å². The minimum absolute atomic E-state index is 0.268. The van der Waals surface area contributed by atoms with Crippen molar-refractivity contribution >= 4 is 11.6 Å². The summed E-state index contributed by atoms with van der Waals surface area (Å²) in [6.45, 7) is 2.30. The van der Waals surface area contributed by atoms with Gasteiger partial charge in [-0.2, -0.15) is 0 Å². The highest BCUT2D eigenvalue weighted by Crippen LogP contribution is 2.24. The van der Waals surface area contributed by atoms with Crippen molar-refractivity contribution in [3.05, 3.63) is 54.1 Å². The van der Waals surface area contributed by atoms with Gasteiger partial charge < -0.3 is 14.8 Å². The van der Waals surface area contributed by atoms with Gasteiger partial charge in [0.1, 0.15) is 11.5 Å². The Labute approximate surface area is 155 Å². The smallest absolute Gasteiger partial charge is 0.497 e. The first-order valence-corrected chi connectivity index (χ1v) is 8.18. The van der Waals surface area contributed by atoms with Crippen molar-refractivity contribution in [1.82, 2.24) is 4.90 Å². The van der Waals surface area contributed by atoms with Gasteiger partial charge in [0.15, 0.2) is 0 Å². The Kier molecular flexibility index (Phi) is 6.68. The fraction of sp³-hybridized carbons (Fsp3) is 0.316. The van der Waals surface area contributed by atoms with Crippen LogP contribution < -0.4 is 14.8 Å². The van der Waals surface area contributed by atoms with Crippen LogP contribution in [0.5, 0.6) is 11.5 Å². The number of carbonyl (C=O) groups excluding carboxylic acids is 1. The number of ether oxygens (including phenoxy) is 2. The molecular formula is C19H21F3N2O3. The van der Waals surface area contributed by atoms with E-state index < -0.39 is 12.4 Å². The van der Waals surface area contributed by atoms with Gasteiger partial charge in [-0.05, 0) is 55.9 Å². The summed E-state index contributed by atoms with van der Waals surface area (Å²) in [6, 6.07) is 12.1. The molecule has 5 nitrogen and oxygen atoms in total. The number of halogens is 3. The number of amides is 1. The monoisotopic (exact) mass is 382 g/mol. The number of methoxy groups -OCH3 is 1. The Morgan fingerprint density at radius 1 is 1.07 bits per heavy atom. The van der Waals surface area contributed by atoms with Gasteiger partial charge in [0.05, 0.1) is 13.2 Å². The van der Waals surface area contributed by atoms with Crippen molar-refractivity contribution in [3.8, 4) is 11.5 Å². The Bertz CT molecular complexity index is 746. The summed E-state index contributed by atoms with van der Waals surface area (Å²) in [5.74, 6) is 0.144. The van der Waals surface area contributed by atoms with Crippen molar-refractivity contribution in [2.75, 3.05) is 19.5 Å². The van der Waals surface area contributed by atoms with E-state index in [1.54, 1.807) is 14.0 Å². The molecular weight excluding hydrogens is 361 g/mol. The molecule has 1 amide bonds. The maximum Gasteiger partial charge on any atom is 0.573 e. The molecule has 8 heteroatoms. The van der Waals surface area contributed by atoms with E-state index in [1.165, 1.54) is 12.1 Å². The summed E-state index contributed by atoms with van der Waals surface area (Å²) in [6.07, 6.45) is -4.75. The minimum atomic E-state index is -4.75. The fourth-order valence-corrected chi connectivity index (χ4v) is 2.34. The summed E-state index contributed by atoms with van der Waals surface area (Å²) in [7, 11) is 3.41. The highest BCUT2D eigenvalue weighted by Gasteiger charge is 2.31. The van der Waals surface area contributed by atoms with E-state index >= 15 is 0 Å². The molecule has 0 heterocycles. The second kappa shape index (κ2) is 8.77. The molecule has 0 saturated carbocycles. The number of rotatable bonds is 7. The third-order valence-corrected chi connectivity index (χ3v) is 3.99. The van der Waals surface area contributed by atoms with Gasteiger partial charge in [-0.3, -0.25) is 9.69 Å². The van der Waals surface area contributed by atoms with Crippen LogP contribution in [0.4, 0.5) is 18.9 Å². The zero-order valence-corrected chi connectivity index (χ0v) is 15.2. The van der Waals surface area contributed by atoms with Crippen molar-refractivity contribution < 1.29 is 27.4 Å². The first-order valence-electron chi connectivity index (χ1n) is 8.18. The van der Waals surface area contributed by atoms with Crippen molar-refractivity contribution in [2.24, 2.45) is 0 Å². The van der Waals surface area contributed by atoms with E-state index in [-0.39, 0.29) is 11.7 Å². The maximum absolute atomic E-state index is 12.4. The number of alkyl halides is 3. The van der Waals surface area contributed by atoms with Gasteiger partial charge in [0.2, 0.25) is 5.91 Å². The van der Waals surface area contributed by atoms with Crippen LogP contribution in [0.2, 0.25) is 0 Å². The normalized spacial score (nSPS) is 12.6. The largest absolute Gasteiger partial charge is 0.573 e. The van der Waals surface area contributed by atoms with Gasteiger partial charge in [0.25, 0.3) is 0 Å². The van der Waals surface area contributed by atoms with Gasteiger partial charge in [-0.25, -0.2) is 0 Å². The lowest BCUT2D eigenvalue weighted by Crippen LogP contribution is -2.39. The van der Waals surface area contributed by atoms with Crippen LogP contribution in [-0.2, 0) is 11.3 Å². The molecule has 0 aliphatic carbocycles. The van der Waals surface area contributed by atoms with Crippen LogP contribution in [0.25, 0.3) is 0 Å². The van der Waals surface area contributed by atoms with Crippen LogP contribution >= 0.6 is 0 Å². The summed E-state index contributed by atoms with van der Waals surface area (Å²) >= 11 is 0. The Hall–Kier alpha value is -2.74. The first kappa shape index (κ1) is 20.6. The van der Waals surface area contributed by atoms with Crippen LogP contribution in [0.3, 0.4) is 0 Å². The van der Waals surface area contributed by atoms with Gasteiger partial charge in [-0.15, -0.1) is 13.2 Å². The Balaban J connectivity index is 1.91. The molecule has 0 radical (unpaired) electrons. The highest BCUT2D eigenvalue weighted by molar-refractivity contribution is 5.94. The SMILES string of the molecule is COc1ccc(CN(C)C(C)C(=O)Nc2ccc(OC(F)(F)F)cc2)cc1. The molecule has 146 valence electrons. The predicted octanol–water partition coefficient (Wildman–Crippen LogP) is 4.05. The average Bonchev–Trinajstić information content (AvgIpc) is 2.62. The maximum atomic E-state index is 12.4. The molecule has 0 bridgehead atoms. The summed E-state index contributed by atoms with van der Waals surface area (Å²) < 4.78 is 45.4. The molecule has 2 aromatic carbocycles. The molecule has 27 heavy (non-hydrogen) atoms. The lowest BCUT2D eigenvalue weighted by molar-refractivity contribution is -0.274.